The summed E-state index contributed by atoms with van der Waals surface area (Å²) in [6, 6.07) is 8.26. The summed E-state index contributed by atoms with van der Waals surface area (Å²) in [5.74, 6) is 2.55. The van der Waals surface area contributed by atoms with Crippen LogP contribution >= 0.6 is 0 Å². The van der Waals surface area contributed by atoms with E-state index in [2.05, 4.69) is 30.3 Å². The molecule has 1 heterocycles. The van der Waals surface area contributed by atoms with Gasteiger partial charge in [-0.2, -0.15) is 0 Å². The van der Waals surface area contributed by atoms with E-state index in [0.717, 1.165) is 41.7 Å². The molecule has 0 aliphatic rings. The van der Waals surface area contributed by atoms with E-state index in [1.807, 2.05) is 31.2 Å². The van der Waals surface area contributed by atoms with Crippen molar-refractivity contribution >= 4 is 5.82 Å². The van der Waals surface area contributed by atoms with Crippen LogP contribution in [0.4, 0.5) is 5.82 Å². The molecule has 0 atom stereocenters. The van der Waals surface area contributed by atoms with Gasteiger partial charge in [-0.1, -0.05) is 6.92 Å². The van der Waals surface area contributed by atoms with Gasteiger partial charge in [-0.3, -0.25) is 0 Å². The van der Waals surface area contributed by atoms with E-state index in [9.17, 15) is 0 Å². The van der Waals surface area contributed by atoms with Gasteiger partial charge in [0.1, 0.15) is 23.1 Å². The molecule has 0 unspecified atom stereocenters. The maximum absolute atomic E-state index is 6.22. The first-order valence-corrected chi connectivity index (χ1v) is 7.12. The van der Waals surface area contributed by atoms with E-state index in [1.165, 1.54) is 0 Å². The molecule has 1 aromatic carbocycles. The van der Waals surface area contributed by atoms with Crippen molar-refractivity contribution in [2.24, 2.45) is 0 Å². The molecule has 0 amide bonds. The molecule has 0 aliphatic carbocycles. The lowest BCUT2D eigenvalue weighted by molar-refractivity contribution is 0.317. The van der Waals surface area contributed by atoms with E-state index < -0.39 is 0 Å². The molecule has 0 fully saturated rings. The molecule has 0 bridgehead atoms. The second-order valence-electron chi connectivity index (χ2n) is 5.23. The summed E-state index contributed by atoms with van der Waals surface area (Å²) in [4.78, 5) is 4.59. The van der Waals surface area contributed by atoms with E-state index in [1.54, 1.807) is 0 Å². The molecule has 0 radical (unpaired) electrons. The van der Waals surface area contributed by atoms with Crippen molar-refractivity contribution < 1.29 is 4.74 Å². The van der Waals surface area contributed by atoms with Crippen molar-refractivity contribution in [2.45, 2.75) is 40.2 Å². The average molecular weight is 273 g/mol. The van der Waals surface area contributed by atoms with Gasteiger partial charge in [0, 0.05) is 11.6 Å². The third-order valence-corrected chi connectivity index (χ3v) is 3.24. The quantitative estimate of drug-likeness (QED) is 0.901. The number of nitrogens with zero attached hydrogens (tertiary/aromatic N) is 2. The lowest BCUT2D eigenvalue weighted by Crippen LogP contribution is -2.07. The number of nitrogens with two attached hydrogens (primary N) is 1. The van der Waals surface area contributed by atoms with Crippen LogP contribution in [0.3, 0.4) is 0 Å². The fourth-order valence-electron chi connectivity index (χ4n) is 2.35. The minimum atomic E-state index is 0.309. The molecule has 0 saturated heterocycles. The van der Waals surface area contributed by atoms with Crippen molar-refractivity contribution in [1.29, 1.82) is 0 Å². The van der Waals surface area contributed by atoms with Crippen LogP contribution < -0.4 is 10.5 Å². The Hall–Kier alpha value is -1.97. The Kier molecular flexibility index (Phi) is 4.32. The molecule has 4 heteroatoms. The number of ether oxygens (including phenoxy) is 1. The predicted molar refractivity (Wildman–Crippen MR) is 83.0 cm³/mol. The fourth-order valence-corrected chi connectivity index (χ4v) is 2.35. The van der Waals surface area contributed by atoms with Crippen LogP contribution in [0.25, 0.3) is 11.3 Å². The smallest absolute Gasteiger partial charge is 0.131 e. The highest BCUT2D eigenvalue weighted by atomic mass is 16.5. The predicted octanol–water partition coefficient (Wildman–Crippen LogP) is 3.81. The molecule has 2 N–H and O–H groups in total. The standard InChI is InChI=1S/C16H23N3O/c1-5-10-20-14-8-6-13(7-9-14)15-16(17)19(11(2)3)12(4)18-15/h6-9,11H,5,10,17H2,1-4H3. The normalized spacial score (nSPS) is 11.1. The van der Waals surface area contributed by atoms with Gasteiger partial charge in [-0.25, -0.2) is 4.98 Å². The monoisotopic (exact) mass is 273 g/mol. The van der Waals surface area contributed by atoms with E-state index >= 15 is 0 Å². The minimum Gasteiger partial charge on any atom is -0.494 e. The first kappa shape index (κ1) is 14.4. The third-order valence-electron chi connectivity index (χ3n) is 3.24. The molecule has 0 aliphatic heterocycles. The SMILES string of the molecule is CCCOc1ccc(-c2nc(C)n(C(C)C)c2N)cc1. The van der Waals surface area contributed by atoms with Gasteiger partial charge in [-0.15, -0.1) is 0 Å². The van der Waals surface area contributed by atoms with Gasteiger partial charge < -0.3 is 15.0 Å². The van der Waals surface area contributed by atoms with Gasteiger partial charge in [0.2, 0.25) is 0 Å². The van der Waals surface area contributed by atoms with Gasteiger partial charge in [0.05, 0.1) is 6.61 Å². The van der Waals surface area contributed by atoms with Gasteiger partial charge in [0.25, 0.3) is 0 Å². The molecular weight excluding hydrogens is 250 g/mol. The van der Waals surface area contributed by atoms with Crippen molar-refractivity contribution in [1.82, 2.24) is 9.55 Å². The molecule has 2 rings (SSSR count). The van der Waals surface area contributed by atoms with Gasteiger partial charge in [0.15, 0.2) is 0 Å². The Morgan fingerprint density at radius 1 is 1.25 bits per heavy atom. The fraction of sp³-hybridized carbons (Fsp3) is 0.438. The number of imidazole rings is 1. The Bertz CT molecular complexity index is 570. The summed E-state index contributed by atoms with van der Waals surface area (Å²) in [6.07, 6.45) is 1.01. The largest absolute Gasteiger partial charge is 0.494 e. The number of aryl methyl sites for hydroxylation is 1. The summed E-state index contributed by atoms with van der Waals surface area (Å²) in [5, 5.41) is 0. The minimum absolute atomic E-state index is 0.309. The molecule has 4 nitrogen and oxygen atoms in total. The summed E-state index contributed by atoms with van der Waals surface area (Å²) in [5.41, 5.74) is 8.09. The Balaban J connectivity index is 2.30. The second kappa shape index (κ2) is 5.99. The Labute approximate surface area is 120 Å². The summed E-state index contributed by atoms with van der Waals surface area (Å²) in [6.45, 7) is 9.03. The molecule has 2 aromatic rings. The lowest BCUT2D eigenvalue weighted by atomic mass is 10.1. The molecule has 108 valence electrons. The molecule has 0 saturated carbocycles. The molecular formula is C16H23N3O. The van der Waals surface area contributed by atoms with Crippen LogP contribution in [0.5, 0.6) is 5.75 Å². The van der Waals surface area contributed by atoms with Crippen LogP contribution in [-0.2, 0) is 0 Å². The summed E-state index contributed by atoms with van der Waals surface area (Å²) < 4.78 is 7.64. The Morgan fingerprint density at radius 2 is 1.90 bits per heavy atom. The Morgan fingerprint density at radius 3 is 2.40 bits per heavy atom. The van der Waals surface area contributed by atoms with Crippen molar-refractivity contribution in [3.63, 3.8) is 0 Å². The number of benzene rings is 1. The van der Waals surface area contributed by atoms with Gasteiger partial charge >= 0.3 is 0 Å². The maximum Gasteiger partial charge on any atom is 0.131 e. The second-order valence-corrected chi connectivity index (χ2v) is 5.23. The van der Waals surface area contributed by atoms with E-state index in [4.69, 9.17) is 10.5 Å². The number of aromatic nitrogens is 2. The highest BCUT2D eigenvalue weighted by Crippen LogP contribution is 2.29. The van der Waals surface area contributed by atoms with Crippen LogP contribution in [0.2, 0.25) is 0 Å². The lowest BCUT2D eigenvalue weighted by Gasteiger charge is -2.11. The highest BCUT2D eigenvalue weighted by molar-refractivity contribution is 5.71. The number of rotatable bonds is 5. The van der Waals surface area contributed by atoms with E-state index in [0.29, 0.717) is 6.04 Å². The maximum atomic E-state index is 6.22. The number of nitrogen functional groups attached to an aromatic ring is 1. The first-order chi connectivity index (χ1) is 9.54. The van der Waals surface area contributed by atoms with Crippen molar-refractivity contribution in [3.8, 4) is 17.0 Å². The van der Waals surface area contributed by atoms with Crippen LogP contribution in [0.15, 0.2) is 24.3 Å². The van der Waals surface area contributed by atoms with Crippen molar-refractivity contribution in [3.05, 3.63) is 30.1 Å². The van der Waals surface area contributed by atoms with E-state index in [-0.39, 0.29) is 0 Å². The van der Waals surface area contributed by atoms with Crippen molar-refractivity contribution in [2.75, 3.05) is 12.3 Å². The number of hydrogen-bond acceptors (Lipinski definition) is 3. The number of anilines is 1. The summed E-state index contributed by atoms with van der Waals surface area (Å²) in [7, 11) is 0. The average Bonchev–Trinajstić information content (AvgIpc) is 2.72. The van der Waals surface area contributed by atoms with Gasteiger partial charge in [-0.05, 0) is 51.5 Å². The van der Waals surface area contributed by atoms with Crippen LogP contribution in [-0.4, -0.2) is 16.2 Å². The topological polar surface area (TPSA) is 53.1 Å². The third kappa shape index (κ3) is 2.79. The highest BCUT2D eigenvalue weighted by Gasteiger charge is 2.15. The van der Waals surface area contributed by atoms with Crippen LogP contribution in [0, 0.1) is 6.92 Å². The zero-order chi connectivity index (χ0) is 14.7. The number of hydrogen-bond donors (Lipinski definition) is 1. The molecule has 1 aromatic heterocycles. The zero-order valence-corrected chi connectivity index (χ0v) is 12.7. The molecule has 0 spiro atoms. The summed E-state index contributed by atoms with van der Waals surface area (Å²) >= 11 is 0. The zero-order valence-electron chi connectivity index (χ0n) is 12.7. The van der Waals surface area contributed by atoms with Crippen LogP contribution in [0.1, 0.15) is 39.1 Å². The first-order valence-electron chi connectivity index (χ1n) is 7.12. The molecule has 20 heavy (non-hydrogen) atoms.